The molecule has 27 heavy (non-hydrogen) atoms. The van der Waals surface area contributed by atoms with Crippen molar-refractivity contribution in [1.29, 1.82) is 0 Å². The summed E-state index contributed by atoms with van der Waals surface area (Å²) in [6.45, 7) is 0. The first kappa shape index (κ1) is 18.1. The fourth-order valence-corrected chi connectivity index (χ4v) is 2.47. The standard InChI is InChI=1S/C18H17N3O6/c1-24-13-9-15(26-3)14(25-2)8-12(13)17(22)19-11-6-4-10(5-7-11)16-20-18(23)27-21-16/h4-9H,1-3H3,(H,19,22)(H,20,21,23). The average Bonchev–Trinajstić information content (AvgIpc) is 3.13. The van der Waals surface area contributed by atoms with Crippen molar-refractivity contribution in [2.75, 3.05) is 26.6 Å². The first-order chi connectivity index (χ1) is 13.0. The van der Waals surface area contributed by atoms with Gasteiger partial charge in [-0.05, 0) is 24.3 Å². The van der Waals surface area contributed by atoms with Gasteiger partial charge in [0.05, 0.1) is 26.9 Å². The Labute approximate surface area is 153 Å². The normalized spacial score (nSPS) is 10.3. The van der Waals surface area contributed by atoms with Crippen LogP contribution in [0, 0.1) is 0 Å². The van der Waals surface area contributed by atoms with E-state index in [1.807, 2.05) is 0 Å². The Morgan fingerprint density at radius 2 is 1.63 bits per heavy atom. The summed E-state index contributed by atoms with van der Waals surface area (Å²) >= 11 is 0. The third-order valence-electron chi connectivity index (χ3n) is 3.81. The highest BCUT2D eigenvalue weighted by Gasteiger charge is 2.18. The van der Waals surface area contributed by atoms with E-state index in [0.717, 1.165) is 0 Å². The second-order valence-electron chi connectivity index (χ2n) is 5.38. The van der Waals surface area contributed by atoms with Crippen molar-refractivity contribution in [3.8, 4) is 28.6 Å². The Morgan fingerprint density at radius 1 is 1.00 bits per heavy atom. The van der Waals surface area contributed by atoms with Crippen LogP contribution >= 0.6 is 0 Å². The Kier molecular flexibility index (Phi) is 5.11. The van der Waals surface area contributed by atoms with Crippen molar-refractivity contribution in [2.24, 2.45) is 0 Å². The molecule has 0 atom stereocenters. The zero-order chi connectivity index (χ0) is 19.4. The second-order valence-corrected chi connectivity index (χ2v) is 5.38. The first-order valence-corrected chi connectivity index (χ1v) is 7.83. The molecule has 1 heterocycles. The van der Waals surface area contributed by atoms with Gasteiger partial charge in [-0.15, -0.1) is 0 Å². The SMILES string of the molecule is COc1cc(OC)c(C(=O)Nc2ccc(-c3noc(=O)[nH]3)cc2)cc1OC. The molecule has 2 aromatic carbocycles. The van der Waals surface area contributed by atoms with Crippen LogP contribution in [0.2, 0.25) is 0 Å². The lowest BCUT2D eigenvalue weighted by Gasteiger charge is -2.14. The molecule has 1 amide bonds. The van der Waals surface area contributed by atoms with E-state index in [-0.39, 0.29) is 5.91 Å². The third kappa shape index (κ3) is 3.76. The van der Waals surface area contributed by atoms with Gasteiger partial charge in [0.2, 0.25) is 0 Å². The molecule has 0 spiro atoms. The maximum absolute atomic E-state index is 12.7. The summed E-state index contributed by atoms with van der Waals surface area (Å²) in [7, 11) is 4.45. The zero-order valence-electron chi connectivity index (χ0n) is 14.9. The van der Waals surface area contributed by atoms with E-state index in [9.17, 15) is 9.59 Å². The van der Waals surface area contributed by atoms with Crippen LogP contribution in [-0.2, 0) is 0 Å². The van der Waals surface area contributed by atoms with E-state index in [1.165, 1.54) is 21.3 Å². The van der Waals surface area contributed by atoms with E-state index in [1.54, 1.807) is 36.4 Å². The number of rotatable bonds is 6. The van der Waals surface area contributed by atoms with Crippen LogP contribution in [-0.4, -0.2) is 37.4 Å². The van der Waals surface area contributed by atoms with Crippen LogP contribution in [0.5, 0.6) is 17.2 Å². The first-order valence-electron chi connectivity index (χ1n) is 7.83. The molecule has 3 aromatic rings. The van der Waals surface area contributed by atoms with Gasteiger partial charge in [0, 0.05) is 23.4 Å². The molecular formula is C18H17N3O6. The Morgan fingerprint density at radius 3 is 2.19 bits per heavy atom. The highest BCUT2D eigenvalue weighted by atomic mass is 16.5. The fraction of sp³-hybridized carbons (Fsp3) is 0.167. The molecule has 3 rings (SSSR count). The summed E-state index contributed by atoms with van der Waals surface area (Å²) in [6, 6.07) is 9.85. The van der Waals surface area contributed by atoms with Gasteiger partial charge in [0.15, 0.2) is 17.3 Å². The molecular weight excluding hydrogens is 354 g/mol. The molecule has 0 saturated heterocycles. The Bertz CT molecular complexity index is 1010. The van der Waals surface area contributed by atoms with Crippen LogP contribution in [0.4, 0.5) is 5.69 Å². The number of hydrogen-bond acceptors (Lipinski definition) is 7. The van der Waals surface area contributed by atoms with Crippen LogP contribution < -0.4 is 25.3 Å². The highest BCUT2D eigenvalue weighted by molar-refractivity contribution is 6.06. The van der Waals surface area contributed by atoms with Crippen molar-refractivity contribution in [1.82, 2.24) is 10.1 Å². The second kappa shape index (κ2) is 7.65. The minimum absolute atomic E-state index is 0.292. The lowest BCUT2D eigenvalue weighted by molar-refractivity contribution is 0.102. The van der Waals surface area contributed by atoms with Crippen LogP contribution in [0.25, 0.3) is 11.4 Å². The Balaban J connectivity index is 1.83. The van der Waals surface area contributed by atoms with Crippen LogP contribution in [0.1, 0.15) is 10.4 Å². The van der Waals surface area contributed by atoms with Crippen molar-refractivity contribution >= 4 is 11.6 Å². The fourth-order valence-electron chi connectivity index (χ4n) is 2.47. The number of carbonyl (C=O) groups excluding carboxylic acids is 1. The molecule has 0 aliphatic heterocycles. The number of nitrogens with one attached hydrogen (secondary N) is 2. The van der Waals surface area contributed by atoms with E-state index in [0.29, 0.717) is 39.9 Å². The summed E-state index contributed by atoms with van der Waals surface area (Å²) in [6.07, 6.45) is 0. The zero-order valence-corrected chi connectivity index (χ0v) is 14.9. The number of nitrogens with zero attached hydrogens (tertiary/aromatic N) is 1. The van der Waals surface area contributed by atoms with Gasteiger partial charge in [0.25, 0.3) is 5.91 Å². The molecule has 0 aliphatic rings. The predicted octanol–water partition coefficient (Wildman–Crippen LogP) is 2.31. The average molecular weight is 371 g/mol. The minimum atomic E-state index is -0.636. The monoisotopic (exact) mass is 371 g/mol. The van der Waals surface area contributed by atoms with Gasteiger partial charge in [0.1, 0.15) is 5.75 Å². The maximum Gasteiger partial charge on any atom is 0.439 e. The minimum Gasteiger partial charge on any atom is -0.496 e. The van der Waals surface area contributed by atoms with Gasteiger partial charge in [-0.25, -0.2) is 4.79 Å². The number of ether oxygens (including phenoxy) is 3. The number of amides is 1. The summed E-state index contributed by atoms with van der Waals surface area (Å²) in [5.74, 6) is 0.505. The quantitative estimate of drug-likeness (QED) is 0.683. The molecule has 1 aromatic heterocycles. The molecule has 0 unspecified atom stereocenters. The van der Waals surface area contributed by atoms with Gasteiger partial charge in [-0.2, -0.15) is 0 Å². The molecule has 0 bridgehead atoms. The van der Waals surface area contributed by atoms with Crippen molar-refractivity contribution in [3.63, 3.8) is 0 Å². The number of aromatic nitrogens is 2. The number of hydrogen-bond donors (Lipinski definition) is 2. The summed E-state index contributed by atoms with van der Waals surface area (Å²) in [4.78, 5) is 26.1. The number of carbonyl (C=O) groups is 1. The van der Waals surface area contributed by atoms with E-state index >= 15 is 0 Å². The summed E-state index contributed by atoms with van der Waals surface area (Å²) in [5.41, 5.74) is 1.48. The topological polar surface area (TPSA) is 116 Å². The van der Waals surface area contributed by atoms with E-state index in [4.69, 9.17) is 14.2 Å². The van der Waals surface area contributed by atoms with Crippen molar-refractivity contribution < 1.29 is 23.5 Å². The predicted molar refractivity (Wildman–Crippen MR) is 96.6 cm³/mol. The molecule has 2 N–H and O–H groups in total. The van der Waals surface area contributed by atoms with Gasteiger partial charge >= 0.3 is 5.76 Å². The number of benzene rings is 2. The third-order valence-corrected chi connectivity index (χ3v) is 3.81. The molecule has 0 radical (unpaired) electrons. The molecule has 9 nitrogen and oxygen atoms in total. The highest BCUT2D eigenvalue weighted by Crippen LogP contribution is 2.35. The molecule has 0 fully saturated rings. The number of anilines is 1. The number of H-pyrrole nitrogens is 1. The van der Waals surface area contributed by atoms with Gasteiger partial charge in [-0.1, -0.05) is 5.16 Å². The van der Waals surface area contributed by atoms with Gasteiger partial charge < -0.3 is 19.5 Å². The van der Waals surface area contributed by atoms with E-state index in [2.05, 4.69) is 20.0 Å². The van der Waals surface area contributed by atoms with Crippen LogP contribution in [0.3, 0.4) is 0 Å². The number of methoxy groups -OCH3 is 3. The smallest absolute Gasteiger partial charge is 0.439 e. The lowest BCUT2D eigenvalue weighted by atomic mass is 10.1. The lowest BCUT2D eigenvalue weighted by Crippen LogP contribution is -2.13. The van der Waals surface area contributed by atoms with Crippen molar-refractivity contribution in [2.45, 2.75) is 0 Å². The van der Waals surface area contributed by atoms with Crippen LogP contribution in [0.15, 0.2) is 45.7 Å². The maximum atomic E-state index is 12.7. The summed E-state index contributed by atoms with van der Waals surface area (Å²) < 4.78 is 20.2. The number of aromatic amines is 1. The van der Waals surface area contributed by atoms with E-state index < -0.39 is 5.76 Å². The summed E-state index contributed by atoms with van der Waals surface area (Å²) in [5, 5.41) is 6.38. The molecule has 0 saturated carbocycles. The molecule has 140 valence electrons. The van der Waals surface area contributed by atoms with Gasteiger partial charge in [-0.3, -0.25) is 14.3 Å². The molecule has 9 heteroatoms. The van der Waals surface area contributed by atoms with Crippen molar-refractivity contribution in [3.05, 3.63) is 52.5 Å². The Hall–Kier alpha value is -3.75. The largest absolute Gasteiger partial charge is 0.496 e. The molecule has 0 aliphatic carbocycles.